The number of hydrogen-bond acceptors (Lipinski definition) is 8. The topological polar surface area (TPSA) is 98.2 Å². The average Bonchev–Trinajstić information content (AvgIpc) is 2.84. The van der Waals surface area contributed by atoms with E-state index in [1.807, 2.05) is 56.3 Å². The van der Waals surface area contributed by atoms with E-state index in [9.17, 15) is 4.79 Å². The van der Waals surface area contributed by atoms with Gasteiger partial charge in [0.2, 0.25) is 0 Å². The van der Waals surface area contributed by atoms with Crippen LogP contribution in [-0.2, 0) is 0 Å². The highest BCUT2D eigenvalue weighted by Crippen LogP contribution is 2.22. The minimum atomic E-state index is -0.470. The molecular weight excluding hydrogens is 434 g/mol. The summed E-state index contributed by atoms with van der Waals surface area (Å²) in [4.78, 5) is 23.1. The van der Waals surface area contributed by atoms with Crippen molar-refractivity contribution in [3.05, 3.63) is 66.1 Å². The molecule has 9 heteroatoms. The van der Waals surface area contributed by atoms with Gasteiger partial charge in [0.15, 0.2) is 0 Å². The Hall–Kier alpha value is -3.98. The Bertz CT molecular complexity index is 1120. The zero-order valence-electron chi connectivity index (χ0n) is 19.8. The van der Waals surface area contributed by atoms with Crippen LogP contribution in [0.15, 0.2) is 60.0 Å². The molecule has 3 rings (SSSR count). The SMILES string of the molecule is CCOc1ccc(-c2cncc(C(=O)N/N=C/c3cc(OC)cc(OCCN(C)C)c3)n2)cc1. The number of likely N-dealkylation sites (N-methyl/N-ethyl adjacent to an activating group) is 1. The summed E-state index contributed by atoms with van der Waals surface area (Å²) in [6.45, 7) is 3.84. The summed E-state index contributed by atoms with van der Waals surface area (Å²) in [6, 6.07) is 12.9. The van der Waals surface area contributed by atoms with Crippen LogP contribution in [0.1, 0.15) is 23.0 Å². The van der Waals surface area contributed by atoms with Gasteiger partial charge in [0, 0.05) is 23.7 Å². The number of benzene rings is 2. The Labute approximate surface area is 199 Å². The normalized spacial score (nSPS) is 11.0. The van der Waals surface area contributed by atoms with Crippen molar-refractivity contribution in [3.63, 3.8) is 0 Å². The van der Waals surface area contributed by atoms with Gasteiger partial charge in [0.05, 0.1) is 38.0 Å². The maximum Gasteiger partial charge on any atom is 0.291 e. The molecule has 0 saturated carbocycles. The molecule has 0 aliphatic rings. The van der Waals surface area contributed by atoms with Gasteiger partial charge in [-0.2, -0.15) is 5.10 Å². The van der Waals surface area contributed by atoms with Gasteiger partial charge in [-0.25, -0.2) is 10.4 Å². The highest BCUT2D eigenvalue weighted by Gasteiger charge is 2.10. The lowest BCUT2D eigenvalue weighted by Crippen LogP contribution is -2.19. The third kappa shape index (κ3) is 7.28. The zero-order chi connectivity index (χ0) is 24.3. The first-order valence-electron chi connectivity index (χ1n) is 10.8. The first kappa shape index (κ1) is 24.7. The summed E-state index contributed by atoms with van der Waals surface area (Å²) in [5, 5.41) is 4.05. The van der Waals surface area contributed by atoms with Crippen LogP contribution in [0.25, 0.3) is 11.3 Å². The van der Waals surface area contributed by atoms with Crippen LogP contribution in [0.2, 0.25) is 0 Å². The van der Waals surface area contributed by atoms with Gasteiger partial charge >= 0.3 is 0 Å². The van der Waals surface area contributed by atoms with Crippen LogP contribution in [0.4, 0.5) is 0 Å². The van der Waals surface area contributed by atoms with Crippen LogP contribution in [0.5, 0.6) is 17.2 Å². The number of ether oxygens (including phenoxy) is 3. The second-order valence-electron chi connectivity index (χ2n) is 7.54. The van der Waals surface area contributed by atoms with E-state index >= 15 is 0 Å². The first-order chi connectivity index (χ1) is 16.5. The monoisotopic (exact) mass is 463 g/mol. The van der Waals surface area contributed by atoms with E-state index < -0.39 is 5.91 Å². The third-order valence-corrected chi connectivity index (χ3v) is 4.65. The molecular formula is C25H29N5O4. The van der Waals surface area contributed by atoms with Crippen molar-refractivity contribution in [1.29, 1.82) is 0 Å². The van der Waals surface area contributed by atoms with E-state index in [0.29, 0.717) is 36.0 Å². The standard InChI is InChI=1S/C25H29N5O4/c1-5-33-20-8-6-19(7-9-20)23-16-26-17-24(28-23)25(31)29-27-15-18-12-21(32-4)14-22(13-18)34-11-10-30(2)3/h6-9,12-17H,5,10-11H2,1-4H3,(H,29,31)/b27-15+. The number of carbonyl (C=O) groups is 1. The molecule has 0 atom stereocenters. The van der Waals surface area contributed by atoms with Gasteiger partial charge in [-0.3, -0.25) is 9.78 Å². The lowest BCUT2D eigenvalue weighted by Gasteiger charge is -2.12. The Morgan fingerprint density at radius 2 is 1.82 bits per heavy atom. The number of methoxy groups -OCH3 is 1. The number of hydrazone groups is 1. The van der Waals surface area contributed by atoms with E-state index in [0.717, 1.165) is 17.9 Å². The van der Waals surface area contributed by atoms with Gasteiger partial charge in [-0.1, -0.05) is 0 Å². The van der Waals surface area contributed by atoms with Gasteiger partial charge in [-0.05, 0) is 57.4 Å². The molecule has 1 amide bonds. The third-order valence-electron chi connectivity index (χ3n) is 4.65. The van der Waals surface area contributed by atoms with Crippen molar-refractivity contribution < 1.29 is 19.0 Å². The van der Waals surface area contributed by atoms with Crippen molar-refractivity contribution in [2.45, 2.75) is 6.92 Å². The maximum absolute atomic E-state index is 12.6. The second-order valence-corrected chi connectivity index (χ2v) is 7.54. The Balaban J connectivity index is 1.66. The molecule has 3 aromatic rings. The van der Waals surface area contributed by atoms with Gasteiger partial charge in [0.1, 0.15) is 29.5 Å². The van der Waals surface area contributed by atoms with Crippen molar-refractivity contribution in [3.8, 4) is 28.5 Å². The fraction of sp³-hybridized carbons (Fsp3) is 0.280. The summed E-state index contributed by atoms with van der Waals surface area (Å²) < 4.78 is 16.6. The van der Waals surface area contributed by atoms with Crippen molar-refractivity contribution in [1.82, 2.24) is 20.3 Å². The van der Waals surface area contributed by atoms with Crippen LogP contribution >= 0.6 is 0 Å². The molecule has 0 aliphatic carbocycles. The Morgan fingerprint density at radius 3 is 2.53 bits per heavy atom. The van der Waals surface area contributed by atoms with Gasteiger partial charge < -0.3 is 19.1 Å². The highest BCUT2D eigenvalue weighted by molar-refractivity contribution is 5.93. The highest BCUT2D eigenvalue weighted by atomic mass is 16.5. The summed E-state index contributed by atoms with van der Waals surface area (Å²) in [6.07, 6.45) is 4.51. The molecule has 0 aliphatic heterocycles. The van der Waals surface area contributed by atoms with E-state index in [1.165, 1.54) is 12.4 Å². The van der Waals surface area contributed by atoms with Crippen LogP contribution in [0, 0.1) is 0 Å². The molecule has 0 bridgehead atoms. The molecule has 1 N–H and O–H groups in total. The molecule has 0 fully saturated rings. The largest absolute Gasteiger partial charge is 0.497 e. The minimum absolute atomic E-state index is 0.155. The number of aromatic nitrogens is 2. The lowest BCUT2D eigenvalue weighted by molar-refractivity contribution is 0.0950. The molecule has 1 heterocycles. The van der Waals surface area contributed by atoms with Crippen molar-refractivity contribution in [2.24, 2.45) is 5.10 Å². The van der Waals surface area contributed by atoms with E-state index in [2.05, 4.69) is 20.5 Å². The molecule has 1 aromatic heterocycles. The van der Waals surface area contributed by atoms with Gasteiger partial charge in [-0.15, -0.1) is 0 Å². The summed E-state index contributed by atoms with van der Waals surface area (Å²) >= 11 is 0. The first-order valence-corrected chi connectivity index (χ1v) is 10.8. The van der Waals surface area contributed by atoms with Crippen LogP contribution in [-0.4, -0.2) is 68.0 Å². The molecule has 9 nitrogen and oxygen atoms in total. The Kier molecular flexibility index (Phi) is 8.93. The van der Waals surface area contributed by atoms with Crippen molar-refractivity contribution in [2.75, 3.05) is 41.0 Å². The number of nitrogens with zero attached hydrogens (tertiary/aromatic N) is 4. The number of carbonyl (C=O) groups excluding carboxylic acids is 1. The summed E-state index contributed by atoms with van der Waals surface area (Å²) in [7, 11) is 5.54. The van der Waals surface area contributed by atoms with Crippen LogP contribution in [0.3, 0.4) is 0 Å². The molecule has 0 saturated heterocycles. The molecule has 0 unspecified atom stereocenters. The average molecular weight is 464 g/mol. The minimum Gasteiger partial charge on any atom is -0.497 e. The van der Waals surface area contributed by atoms with E-state index in [-0.39, 0.29) is 5.69 Å². The molecule has 0 spiro atoms. The molecule has 2 aromatic carbocycles. The van der Waals surface area contributed by atoms with Crippen molar-refractivity contribution >= 4 is 12.1 Å². The molecule has 0 radical (unpaired) electrons. The maximum atomic E-state index is 12.6. The fourth-order valence-corrected chi connectivity index (χ4v) is 2.94. The fourth-order valence-electron chi connectivity index (χ4n) is 2.94. The van der Waals surface area contributed by atoms with E-state index in [1.54, 1.807) is 25.4 Å². The van der Waals surface area contributed by atoms with Gasteiger partial charge in [0.25, 0.3) is 5.91 Å². The predicted octanol–water partition coefficient (Wildman–Crippen LogP) is 3.26. The zero-order valence-corrected chi connectivity index (χ0v) is 19.8. The summed E-state index contributed by atoms with van der Waals surface area (Å²) in [5.41, 5.74) is 4.76. The quantitative estimate of drug-likeness (QED) is 0.344. The smallest absolute Gasteiger partial charge is 0.291 e. The number of rotatable bonds is 11. The van der Waals surface area contributed by atoms with Crippen LogP contribution < -0.4 is 19.6 Å². The number of nitrogens with one attached hydrogen (secondary N) is 1. The Morgan fingerprint density at radius 1 is 1.06 bits per heavy atom. The summed E-state index contributed by atoms with van der Waals surface area (Å²) in [5.74, 6) is 1.58. The number of hydrogen-bond donors (Lipinski definition) is 1. The van der Waals surface area contributed by atoms with E-state index in [4.69, 9.17) is 14.2 Å². The molecule has 178 valence electrons. The molecule has 34 heavy (non-hydrogen) atoms. The number of amides is 1. The second kappa shape index (κ2) is 12.3. The lowest BCUT2D eigenvalue weighted by atomic mass is 10.1. The predicted molar refractivity (Wildman–Crippen MR) is 131 cm³/mol.